The number of nitrogens with two attached hydrogens (primary N) is 1. The Bertz CT molecular complexity index is 717. The molecule has 0 saturated carbocycles. The van der Waals surface area contributed by atoms with Gasteiger partial charge in [0.05, 0.1) is 11.1 Å². The van der Waals surface area contributed by atoms with Gasteiger partial charge in [0.15, 0.2) is 0 Å². The number of anilines is 1. The molecule has 1 aromatic heterocycles. The zero-order valence-electron chi connectivity index (χ0n) is 13.2. The average molecular weight is 323 g/mol. The Morgan fingerprint density at radius 3 is 2.57 bits per heavy atom. The number of piperidine rings is 1. The van der Waals surface area contributed by atoms with Crippen LogP contribution in [0.5, 0.6) is 0 Å². The summed E-state index contributed by atoms with van der Waals surface area (Å²) in [5.74, 6) is 0.412. The predicted molar refractivity (Wildman–Crippen MR) is 85.5 cm³/mol. The molecule has 1 aliphatic rings. The lowest BCUT2D eigenvalue weighted by Crippen LogP contribution is -2.46. The van der Waals surface area contributed by atoms with Crippen LogP contribution in [0.1, 0.15) is 24.6 Å². The number of pyridine rings is 1. The number of benzene rings is 1. The van der Waals surface area contributed by atoms with E-state index in [1.54, 1.807) is 25.1 Å². The van der Waals surface area contributed by atoms with Crippen molar-refractivity contribution in [3.63, 3.8) is 0 Å². The number of aryl methyl sites for hydroxylation is 1. The van der Waals surface area contributed by atoms with Crippen molar-refractivity contribution in [3.05, 3.63) is 35.5 Å². The van der Waals surface area contributed by atoms with Gasteiger partial charge in [0.1, 0.15) is 0 Å². The second-order valence-electron chi connectivity index (χ2n) is 6.48. The number of fused-ring (bicyclic) bond motifs is 1. The molecule has 0 radical (unpaired) electrons. The van der Waals surface area contributed by atoms with E-state index >= 15 is 0 Å². The molecule has 0 bridgehead atoms. The first-order valence-electron chi connectivity index (χ1n) is 7.74. The van der Waals surface area contributed by atoms with Crippen LogP contribution in [0.4, 0.5) is 18.9 Å². The van der Waals surface area contributed by atoms with Crippen molar-refractivity contribution in [1.82, 2.24) is 4.98 Å². The molecule has 1 aromatic carbocycles. The first-order chi connectivity index (χ1) is 10.8. The molecular weight excluding hydrogens is 303 g/mol. The van der Waals surface area contributed by atoms with Crippen molar-refractivity contribution in [3.8, 4) is 0 Å². The Morgan fingerprint density at radius 1 is 1.17 bits per heavy atom. The summed E-state index contributed by atoms with van der Waals surface area (Å²) in [5, 5.41) is 0.534. The Morgan fingerprint density at radius 2 is 1.91 bits per heavy atom. The summed E-state index contributed by atoms with van der Waals surface area (Å²) < 4.78 is 39.8. The van der Waals surface area contributed by atoms with Gasteiger partial charge in [-0.25, -0.2) is 0 Å². The Hall–Kier alpha value is -1.82. The number of hydrogen-bond donors (Lipinski definition) is 1. The minimum atomic E-state index is -4.41. The van der Waals surface area contributed by atoms with Crippen LogP contribution in [0.15, 0.2) is 24.3 Å². The molecule has 2 N–H and O–H groups in total. The van der Waals surface area contributed by atoms with Gasteiger partial charge in [0.25, 0.3) is 0 Å². The van der Waals surface area contributed by atoms with E-state index in [0.717, 1.165) is 24.7 Å². The summed E-state index contributed by atoms with van der Waals surface area (Å²) in [6.45, 7) is 5.26. The molecule has 6 heteroatoms. The smallest absolute Gasteiger partial charge is 0.369 e. The van der Waals surface area contributed by atoms with Gasteiger partial charge in [-0.3, -0.25) is 4.98 Å². The van der Waals surface area contributed by atoms with Gasteiger partial charge < -0.3 is 10.6 Å². The van der Waals surface area contributed by atoms with Gasteiger partial charge in [0, 0.05) is 35.9 Å². The first kappa shape index (κ1) is 16.1. The van der Waals surface area contributed by atoms with Gasteiger partial charge in [-0.2, -0.15) is 13.2 Å². The van der Waals surface area contributed by atoms with Crippen molar-refractivity contribution in [1.29, 1.82) is 0 Å². The first-order valence-corrected chi connectivity index (χ1v) is 7.74. The average Bonchev–Trinajstić information content (AvgIpc) is 2.43. The lowest BCUT2D eigenvalue weighted by atomic mass is 9.95. The van der Waals surface area contributed by atoms with Crippen molar-refractivity contribution >= 4 is 16.6 Å². The minimum absolute atomic E-state index is 0.0156. The van der Waals surface area contributed by atoms with E-state index < -0.39 is 11.7 Å². The fraction of sp³-hybridized carbons (Fsp3) is 0.471. The van der Waals surface area contributed by atoms with Crippen LogP contribution >= 0.6 is 0 Å². The molecule has 3 nitrogen and oxygen atoms in total. The number of hydrogen-bond acceptors (Lipinski definition) is 3. The molecule has 0 aliphatic carbocycles. The maximum Gasteiger partial charge on any atom is 0.418 e. The molecule has 2 atom stereocenters. The Balaban J connectivity index is 2.16. The molecular formula is C17H20F3N3. The summed E-state index contributed by atoms with van der Waals surface area (Å²) in [4.78, 5) is 6.24. The lowest BCUT2D eigenvalue weighted by Gasteiger charge is -2.37. The van der Waals surface area contributed by atoms with Crippen LogP contribution in [0, 0.1) is 12.8 Å². The lowest BCUT2D eigenvalue weighted by molar-refractivity contribution is -0.136. The highest BCUT2D eigenvalue weighted by Gasteiger charge is 2.34. The highest BCUT2D eigenvalue weighted by Crippen LogP contribution is 2.38. The largest absolute Gasteiger partial charge is 0.418 e. The third kappa shape index (κ3) is 3.13. The van der Waals surface area contributed by atoms with Gasteiger partial charge in [-0.15, -0.1) is 0 Å². The highest BCUT2D eigenvalue weighted by atomic mass is 19.4. The molecule has 23 heavy (non-hydrogen) atoms. The summed E-state index contributed by atoms with van der Waals surface area (Å²) in [7, 11) is 0. The second kappa shape index (κ2) is 5.67. The van der Waals surface area contributed by atoms with Crippen LogP contribution in [0.25, 0.3) is 10.9 Å². The summed E-state index contributed by atoms with van der Waals surface area (Å²) in [6, 6.07) is 6.20. The van der Waals surface area contributed by atoms with Crippen LogP contribution in [-0.4, -0.2) is 24.1 Å². The molecule has 2 aromatic rings. The molecule has 124 valence electrons. The predicted octanol–water partition coefficient (Wildman–Crippen LogP) is 3.74. The maximum atomic E-state index is 13.3. The minimum Gasteiger partial charge on any atom is -0.369 e. The van der Waals surface area contributed by atoms with Crippen molar-refractivity contribution in [2.75, 3.05) is 18.0 Å². The number of aromatic nitrogens is 1. The Labute approximate surface area is 133 Å². The van der Waals surface area contributed by atoms with Gasteiger partial charge >= 0.3 is 6.18 Å². The van der Waals surface area contributed by atoms with Crippen molar-refractivity contribution < 1.29 is 13.2 Å². The zero-order chi connectivity index (χ0) is 16.8. The SMILES string of the molecule is Cc1ccc2c(N3C[C@@H](C)C[C@@H](N)C3)ccc(C(F)(F)F)c2n1. The molecule has 1 fully saturated rings. The van der Waals surface area contributed by atoms with Crippen molar-refractivity contribution in [2.24, 2.45) is 11.7 Å². The third-order valence-electron chi connectivity index (χ3n) is 4.31. The van der Waals surface area contributed by atoms with E-state index in [9.17, 15) is 13.2 Å². The van der Waals surface area contributed by atoms with Crippen molar-refractivity contribution in [2.45, 2.75) is 32.5 Å². The number of alkyl halides is 3. The fourth-order valence-electron chi connectivity index (χ4n) is 3.40. The van der Waals surface area contributed by atoms with Crippen LogP contribution < -0.4 is 10.6 Å². The number of nitrogens with zero attached hydrogens (tertiary/aromatic N) is 2. The molecule has 1 saturated heterocycles. The monoisotopic (exact) mass is 323 g/mol. The normalized spacial score (nSPS) is 22.6. The van der Waals surface area contributed by atoms with E-state index in [1.807, 2.05) is 0 Å². The van der Waals surface area contributed by atoms with Gasteiger partial charge in [-0.1, -0.05) is 6.92 Å². The molecule has 0 amide bonds. The van der Waals surface area contributed by atoms with E-state index in [1.165, 1.54) is 0 Å². The zero-order valence-corrected chi connectivity index (χ0v) is 13.2. The van der Waals surface area contributed by atoms with E-state index in [4.69, 9.17) is 5.73 Å². The highest BCUT2D eigenvalue weighted by molar-refractivity contribution is 5.94. The maximum absolute atomic E-state index is 13.3. The molecule has 3 rings (SSSR count). The molecule has 2 heterocycles. The van der Waals surface area contributed by atoms with Crippen LogP contribution in [0.3, 0.4) is 0 Å². The summed E-state index contributed by atoms with van der Waals surface area (Å²) in [6.07, 6.45) is -3.48. The number of halogens is 3. The molecule has 0 unspecified atom stereocenters. The van der Waals surface area contributed by atoms with Crippen LogP contribution in [0.2, 0.25) is 0 Å². The fourth-order valence-corrected chi connectivity index (χ4v) is 3.40. The van der Waals surface area contributed by atoms with E-state index in [0.29, 0.717) is 23.5 Å². The molecule has 0 spiro atoms. The topological polar surface area (TPSA) is 42.1 Å². The second-order valence-corrected chi connectivity index (χ2v) is 6.48. The number of rotatable bonds is 1. The van der Waals surface area contributed by atoms with Crippen LogP contribution in [-0.2, 0) is 6.18 Å². The van der Waals surface area contributed by atoms with E-state index in [-0.39, 0.29) is 11.6 Å². The molecule has 1 aliphatic heterocycles. The van der Waals surface area contributed by atoms with E-state index in [2.05, 4.69) is 16.8 Å². The standard InChI is InChI=1S/C17H20F3N3/c1-10-7-12(21)9-23(8-10)15-6-5-14(17(18,19)20)16-13(15)4-3-11(2)22-16/h3-6,10,12H,7-9,21H2,1-2H3/t10-,12+/m0/s1. The van der Waals surface area contributed by atoms with Gasteiger partial charge in [0.2, 0.25) is 0 Å². The van der Waals surface area contributed by atoms with Gasteiger partial charge in [-0.05, 0) is 43.5 Å². The quantitative estimate of drug-likeness (QED) is 0.869. The third-order valence-corrected chi connectivity index (χ3v) is 4.31. The summed E-state index contributed by atoms with van der Waals surface area (Å²) >= 11 is 0. The Kier molecular flexibility index (Phi) is 3.96. The summed E-state index contributed by atoms with van der Waals surface area (Å²) in [5.41, 5.74) is 6.77.